The summed E-state index contributed by atoms with van der Waals surface area (Å²) >= 11 is 0. The van der Waals surface area contributed by atoms with Crippen molar-refractivity contribution in [2.75, 3.05) is 19.6 Å². The topological polar surface area (TPSA) is 79.3 Å². The lowest BCUT2D eigenvalue weighted by Gasteiger charge is -2.65. The number of piperidine rings is 1. The van der Waals surface area contributed by atoms with Crippen molar-refractivity contribution >= 4 is 18.0 Å². The Balaban J connectivity index is 1.26. The number of carbonyl (C=O) groups excluding carboxylic acids is 2. The number of esters is 1. The third kappa shape index (κ3) is 5.65. The molecule has 1 amide bonds. The molecule has 7 rings (SSSR count). The first-order valence-electron chi connectivity index (χ1n) is 17.5. The molecule has 0 aromatic heterocycles. The summed E-state index contributed by atoms with van der Waals surface area (Å²) in [6.45, 7) is 7.44. The Hall–Kier alpha value is -4.31. The smallest absolute Gasteiger partial charge is 0.416 e. The minimum atomic E-state index is -4.45. The van der Waals surface area contributed by atoms with Gasteiger partial charge in [-0.05, 0) is 85.5 Å². The Morgan fingerprint density at radius 3 is 2.50 bits per heavy atom. The zero-order valence-corrected chi connectivity index (χ0v) is 28.6. The van der Waals surface area contributed by atoms with Gasteiger partial charge in [-0.2, -0.15) is 13.2 Å². The number of nitrogens with zero attached hydrogens (tertiary/aromatic N) is 2. The Labute approximate surface area is 290 Å². The molecule has 2 heterocycles. The third-order valence-corrected chi connectivity index (χ3v) is 11.3. The number of rotatable bonds is 9. The number of ether oxygens (including phenoxy) is 2. The van der Waals surface area contributed by atoms with Gasteiger partial charge >= 0.3 is 12.1 Å². The summed E-state index contributed by atoms with van der Waals surface area (Å²) in [5.74, 6) is -0.122. The van der Waals surface area contributed by atoms with Gasteiger partial charge < -0.3 is 19.5 Å². The molecule has 0 radical (unpaired) electrons. The molecule has 264 valence electrons. The lowest BCUT2D eigenvalue weighted by Crippen LogP contribution is -2.79. The van der Waals surface area contributed by atoms with E-state index in [1.54, 1.807) is 6.07 Å². The van der Waals surface area contributed by atoms with Crippen LogP contribution in [0, 0.1) is 5.92 Å². The molecule has 0 unspecified atom stereocenters. The number of hydrogen-bond acceptors (Lipinski definition) is 6. The number of amides is 1. The molecule has 5 atom stereocenters. The van der Waals surface area contributed by atoms with E-state index in [0.29, 0.717) is 43.5 Å². The van der Waals surface area contributed by atoms with Crippen LogP contribution in [0.1, 0.15) is 67.9 Å². The van der Waals surface area contributed by atoms with Gasteiger partial charge in [0.1, 0.15) is 11.7 Å². The van der Waals surface area contributed by atoms with E-state index >= 15 is 0 Å². The quantitative estimate of drug-likeness (QED) is 0.194. The van der Waals surface area contributed by atoms with E-state index in [9.17, 15) is 27.9 Å². The summed E-state index contributed by atoms with van der Waals surface area (Å²) in [6, 6.07) is 18.1. The Bertz CT molecular complexity index is 1790. The molecule has 2 fully saturated rings. The monoisotopic (exact) mass is 688 g/mol. The summed E-state index contributed by atoms with van der Waals surface area (Å²) in [6.07, 6.45) is 1.00. The minimum absolute atomic E-state index is 0.0249. The van der Waals surface area contributed by atoms with E-state index in [1.165, 1.54) is 36.8 Å². The number of alkyl halides is 3. The van der Waals surface area contributed by atoms with Crippen LogP contribution in [0.2, 0.25) is 0 Å². The molecule has 2 aliphatic heterocycles. The van der Waals surface area contributed by atoms with Gasteiger partial charge in [0.25, 0.3) is 0 Å². The van der Waals surface area contributed by atoms with Crippen molar-refractivity contribution in [3.63, 3.8) is 0 Å². The van der Waals surface area contributed by atoms with Gasteiger partial charge in [-0.3, -0.25) is 14.5 Å². The standard InChI is InChI=1S/C40H43F3N2O5/c1-25(2)24-45(34(48)16-11-28-9-13-30(14-10-28)40(41,42)43)31-17-19-39(50-26(3)46)33-23-29-12-15-32(47)36-35(29)38(39,37(31)49-36)20-22-44(33)21-18-27-7-5-4-6-8-27/h4-16,25,31,33,37,47H,17-24H2,1-3H3/t31-,33+,37-,38-,39+/m0/s1. The summed E-state index contributed by atoms with van der Waals surface area (Å²) in [5.41, 5.74) is 1.16. The molecule has 10 heteroatoms. The molecule has 1 spiro atoms. The maximum Gasteiger partial charge on any atom is 0.416 e. The maximum absolute atomic E-state index is 14.1. The van der Waals surface area contributed by atoms with Gasteiger partial charge in [-0.1, -0.05) is 62.4 Å². The largest absolute Gasteiger partial charge is 0.504 e. The summed E-state index contributed by atoms with van der Waals surface area (Å²) in [4.78, 5) is 31.5. The Kier molecular flexibility index (Phi) is 8.73. The SMILES string of the molecule is CC(=O)O[C@@]12CC[C@H](N(CC(C)C)C(=O)C=Cc3ccc(C(F)(F)F)cc3)[C@@H]3Oc4c(O)ccc5c4[C@@]31CCN(CCc1ccccc1)[C@@H]2C5. The number of carbonyl (C=O) groups is 2. The van der Waals surface area contributed by atoms with E-state index in [2.05, 4.69) is 17.0 Å². The molecule has 2 aliphatic carbocycles. The van der Waals surface area contributed by atoms with E-state index in [4.69, 9.17) is 9.47 Å². The molecule has 2 bridgehead atoms. The van der Waals surface area contributed by atoms with Crippen LogP contribution < -0.4 is 4.74 Å². The van der Waals surface area contributed by atoms with Gasteiger partial charge in [-0.25, -0.2) is 0 Å². The Morgan fingerprint density at radius 1 is 1.08 bits per heavy atom. The first-order chi connectivity index (χ1) is 23.8. The highest BCUT2D eigenvalue weighted by atomic mass is 19.4. The molecule has 3 aromatic carbocycles. The van der Waals surface area contributed by atoms with Crippen LogP contribution >= 0.6 is 0 Å². The van der Waals surface area contributed by atoms with Crippen molar-refractivity contribution in [3.05, 3.63) is 101 Å². The number of phenolic OH excluding ortho intramolecular Hbond substituents is 1. The van der Waals surface area contributed by atoms with Crippen molar-refractivity contribution in [2.24, 2.45) is 5.92 Å². The highest BCUT2D eigenvalue weighted by Crippen LogP contribution is 2.67. The number of halogens is 3. The zero-order chi connectivity index (χ0) is 35.4. The number of aromatic hydroxyl groups is 1. The molecule has 4 aliphatic rings. The second kappa shape index (κ2) is 12.8. The van der Waals surface area contributed by atoms with Crippen molar-refractivity contribution in [1.82, 2.24) is 9.80 Å². The molecular formula is C40H43F3N2O5. The van der Waals surface area contributed by atoms with E-state index in [-0.39, 0.29) is 29.6 Å². The minimum Gasteiger partial charge on any atom is -0.504 e. The fourth-order valence-electron chi connectivity index (χ4n) is 9.37. The number of likely N-dealkylation sites (tertiary alicyclic amines) is 1. The summed E-state index contributed by atoms with van der Waals surface area (Å²) < 4.78 is 52.8. The highest BCUT2D eigenvalue weighted by molar-refractivity contribution is 5.92. The van der Waals surface area contributed by atoms with Gasteiger partial charge in [0.2, 0.25) is 5.91 Å². The molecule has 50 heavy (non-hydrogen) atoms. The van der Waals surface area contributed by atoms with Gasteiger partial charge in [0.15, 0.2) is 11.5 Å². The second-order valence-corrected chi connectivity index (χ2v) is 14.6. The van der Waals surface area contributed by atoms with Crippen LogP contribution in [-0.4, -0.2) is 70.2 Å². The van der Waals surface area contributed by atoms with Crippen molar-refractivity contribution < 1.29 is 37.3 Å². The molecule has 1 N–H and O–H groups in total. The molecule has 3 aromatic rings. The van der Waals surface area contributed by atoms with Crippen LogP contribution in [0.5, 0.6) is 11.5 Å². The number of phenols is 1. The third-order valence-electron chi connectivity index (χ3n) is 11.3. The zero-order valence-electron chi connectivity index (χ0n) is 28.6. The van der Waals surface area contributed by atoms with Crippen LogP contribution in [0.25, 0.3) is 6.08 Å². The van der Waals surface area contributed by atoms with Crippen molar-refractivity contribution in [2.45, 2.75) is 88.3 Å². The van der Waals surface area contributed by atoms with Crippen LogP contribution in [0.4, 0.5) is 13.2 Å². The first-order valence-corrected chi connectivity index (χ1v) is 17.5. The molecule has 1 saturated heterocycles. The van der Waals surface area contributed by atoms with Crippen LogP contribution in [0.15, 0.2) is 72.8 Å². The van der Waals surface area contributed by atoms with Gasteiger partial charge in [-0.15, -0.1) is 0 Å². The average Bonchev–Trinajstić information content (AvgIpc) is 3.43. The van der Waals surface area contributed by atoms with E-state index in [0.717, 1.165) is 42.8 Å². The summed E-state index contributed by atoms with van der Waals surface area (Å²) in [5, 5.41) is 11.2. The predicted molar refractivity (Wildman–Crippen MR) is 183 cm³/mol. The van der Waals surface area contributed by atoms with E-state index < -0.39 is 34.9 Å². The summed E-state index contributed by atoms with van der Waals surface area (Å²) in [7, 11) is 0. The fraction of sp³-hybridized carbons (Fsp3) is 0.450. The van der Waals surface area contributed by atoms with Crippen molar-refractivity contribution in [3.8, 4) is 11.5 Å². The predicted octanol–water partition coefficient (Wildman–Crippen LogP) is 6.95. The highest BCUT2D eigenvalue weighted by Gasteiger charge is 2.75. The Morgan fingerprint density at radius 2 is 1.82 bits per heavy atom. The molecular weight excluding hydrogens is 645 g/mol. The van der Waals surface area contributed by atoms with Gasteiger partial charge in [0.05, 0.1) is 23.1 Å². The van der Waals surface area contributed by atoms with Crippen molar-refractivity contribution in [1.29, 1.82) is 0 Å². The van der Waals surface area contributed by atoms with Crippen LogP contribution in [-0.2, 0) is 38.8 Å². The number of hydrogen-bond donors (Lipinski definition) is 1. The maximum atomic E-state index is 14.1. The van der Waals surface area contributed by atoms with Crippen LogP contribution in [0.3, 0.4) is 0 Å². The lowest BCUT2D eigenvalue weighted by molar-refractivity contribution is -0.224. The first kappa shape index (κ1) is 34.2. The lowest BCUT2D eigenvalue weighted by atomic mass is 9.48. The fourth-order valence-corrected chi connectivity index (χ4v) is 9.37. The second-order valence-electron chi connectivity index (χ2n) is 14.6. The van der Waals surface area contributed by atoms with E-state index in [1.807, 2.05) is 43.0 Å². The normalized spacial score (nSPS) is 26.8. The molecule has 7 nitrogen and oxygen atoms in total. The number of benzene rings is 3. The molecule has 1 saturated carbocycles. The average molecular weight is 689 g/mol. The van der Waals surface area contributed by atoms with Gasteiger partial charge in [0, 0.05) is 31.7 Å².